The van der Waals surface area contributed by atoms with Gasteiger partial charge in [0.1, 0.15) is 36.8 Å². The summed E-state index contributed by atoms with van der Waals surface area (Å²) < 4.78 is 21.9. The molecule has 15 heteroatoms. The van der Waals surface area contributed by atoms with Crippen molar-refractivity contribution in [3.8, 4) is 0 Å². The number of aliphatic hydroxyl groups is 4. The molecule has 224 valence electrons. The zero-order valence-corrected chi connectivity index (χ0v) is 22.0. The summed E-state index contributed by atoms with van der Waals surface area (Å²) in [6.07, 6.45) is -5.95. The van der Waals surface area contributed by atoms with E-state index in [1.807, 2.05) is 0 Å². The molecular weight excluding hydrogens is 524 g/mol. The summed E-state index contributed by atoms with van der Waals surface area (Å²) in [5.41, 5.74) is 0. The molecule has 0 bridgehead atoms. The molecule has 2 saturated heterocycles. The van der Waals surface area contributed by atoms with Crippen LogP contribution in [-0.2, 0) is 43.0 Å². The van der Waals surface area contributed by atoms with Gasteiger partial charge in [-0.3, -0.25) is 9.59 Å². The lowest BCUT2D eigenvalue weighted by molar-refractivity contribution is -0.338. The van der Waals surface area contributed by atoms with Gasteiger partial charge in [-0.05, 0) is 25.7 Å². The molecule has 39 heavy (non-hydrogen) atoms. The van der Waals surface area contributed by atoms with Crippen molar-refractivity contribution in [2.45, 2.75) is 94.5 Å². The highest BCUT2D eigenvalue weighted by Crippen LogP contribution is 2.27. The molecule has 15 nitrogen and oxygen atoms in total. The summed E-state index contributed by atoms with van der Waals surface area (Å²) in [6, 6.07) is 0. The van der Waals surface area contributed by atoms with E-state index in [4.69, 9.17) is 23.8 Å². The van der Waals surface area contributed by atoms with Crippen LogP contribution in [0.15, 0.2) is 0 Å². The third-order valence-corrected chi connectivity index (χ3v) is 6.16. The van der Waals surface area contributed by atoms with E-state index in [-0.39, 0.29) is 44.7 Å². The number of ether oxygens (including phenoxy) is 4. The van der Waals surface area contributed by atoms with E-state index in [9.17, 15) is 39.6 Å². The number of nitrogens with one attached hydrogen (secondary N) is 1. The van der Waals surface area contributed by atoms with Gasteiger partial charge in [-0.15, -0.1) is 0 Å². The first-order valence-corrected chi connectivity index (χ1v) is 13.0. The van der Waals surface area contributed by atoms with Gasteiger partial charge < -0.3 is 54.3 Å². The second-order valence-electron chi connectivity index (χ2n) is 9.24. The third kappa shape index (κ3) is 11.0. The average Bonchev–Trinajstić information content (AvgIpc) is 2.92. The minimum Gasteiger partial charge on any atom is -0.394 e. The van der Waals surface area contributed by atoms with E-state index < -0.39 is 61.6 Å². The Morgan fingerprint density at radius 1 is 1.08 bits per heavy atom. The summed E-state index contributed by atoms with van der Waals surface area (Å²) in [5.74, 6) is -1.42. The summed E-state index contributed by atoms with van der Waals surface area (Å²) >= 11 is 0. The summed E-state index contributed by atoms with van der Waals surface area (Å²) in [4.78, 5) is 50.6. The Morgan fingerprint density at radius 3 is 2.51 bits per heavy atom. The Morgan fingerprint density at radius 2 is 1.82 bits per heavy atom. The molecular formula is C24H40N2O13. The molecule has 2 heterocycles. The molecule has 0 aromatic heterocycles. The van der Waals surface area contributed by atoms with Gasteiger partial charge in [-0.2, -0.15) is 5.06 Å². The number of hydroxylamine groups is 2. The molecule has 2 aliphatic rings. The van der Waals surface area contributed by atoms with Crippen molar-refractivity contribution in [2.75, 3.05) is 33.4 Å². The standard InChI is InChI=1S/C24H40N2O13/c1-26(18(31)8-4-11-27)39-19(32)9-3-2-7-17(30)25-10-13-36-24-21(34)22(20(33)16(14-28)37-24)38-23-15(29)6-5-12-35-23/h11,15-16,20-24,28-29,33-34H,2-10,12-14H2,1H3,(H,25,30)/t15?,16?,20-,21?,22?,23?,24+/m1/s1. The zero-order valence-electron chi connectivity index (χ0n) is 22.0. The van der Waals surface area contributed by atoms with Crippen LogP contribution in [0.5, 0.6) is 0 Å². The molecule has 2 amide bonds. The first-order valence-electron chi connectivity index (χ1n) is 13.0. The van der Waals surface area contributed by atoms with Crippen LogP contribution in [0, 0.1) is 0 Å². The molecule has 0 aliphatic carbocycles. The average molecular weight is 565 g/mol. The van der Waals surface area contributed by atoms with Crippen molar-refractivity contribution < 1.29 is 63.4 Å². The topological polar surface area (TPSA) is 211 Å². The monoisotopic (exact) mass is 564 g/mol. The van der Waals surface area contributed by atoms with Crippen molar-refractivity contribution in [3.63, 3.8) is 0 Å². The lowest BCUT2D eigenvalue weighted by Crippen LogP contribution is -2.61. The van der Waals surface area contributed by atoms with Crippen molar-refractivity contribution in [1.82, 2.24) is 10.4 Å². The minimum absolute atomic E-state index is 0.00262. The van der Waals surface area contributed by atoms with Crippen LogP contribution in [0.1, 0.15) is 51.4 Å². The van der Waals surface area contributed by atoms with Crippen LogP contribution in [-0.4, -0.2) is 126 Å². The van der Waals surface area contributed by atoms with E-state index in [2.05, 4.69) is 5.32 Å². The maximum absolute atomic E-state index is 12.0. The number of carbonyl (C=O) groups excluding carboxylic acids is 4. The maximum Gasteiger partial charge on any atom is 0.332 e. The van der Waals surface area contributed by atoms with Gasteiger partial charge >= 0.3 is 5.97 Å². The molecule has 2 aliphatic heterocycles. The number of nitrogens with zero attached hydrogens (tertiary/aromatic N) is 1. The molecule has 2 fully saturated rings. The third-order valence-electron chi connectivity index (χ3n) is 6.16. The fourth-order valence-electron chi connectivity index (χ4n) is 3.97. The molecule has 0 aromatic rings. The largest absolute Gasteiger partial charge is 0.394 e. The van der Waals surface area contributed by atoms with Crippen LogP contribution in [0.3, 0.4) is 0 Å². The zero-order chi connectivity index (χ0) is 28.8. The fourth-order valence-corrected chi connectivity index (χ4v) is 3.97. The van der Waals surface area contributed by atoms with E-state index in [0.717, 1.165) is 5.06 Å². The second-order valence-corrected chi connectivity index (χ2v) is 9.24. The molecule has 7 atom stereocenters. The maximum atomic E-state index is 12.0. The molecule has 0 aromatic carbocycles. The quantitative estimate of drug-likeness (QED) is 0.0820. The van der Waals surface area contributed by atoms with Crippen molar-refractivity contribution in [1.29, 1.82) is 0 Å². The van der Waals surface area contributed by atoms with Gasteiger partial charge in [-0.1, -0.05) is 0 Å². The van der Waals surface area contributed by atoms with E-state index >= 15 is 0 Å². The predicted molar refractivity (Wildman–Crippen MR) is 129 cm³/mol. The minimum atomic E-state index is -1.46. The van der Waals surface area contributed by atoms with Gasteiger partial charge in [0, 0.05) is 45.9 Å². The van der Waals surface area contributed by atoms with E-state index in [1.54, 1.807) is 0 Å². The lowest BCUT2D eigenvalue weighted by atomic mass is 9.98. The first-order chi connectivity index (χ1) is 18.7. The van der Waals surface area contributed by atoms with Crippen LogP contribution in [0.2, 0.25) is 0 Å². The Balaban J connectivity index is 1.65. The molecule has 0 spiro atoms. The van der Waals surface area contributed by atoms with Crippen molar-refractivity contribution in [2.24, 2.45) is 0 Å². The van der Waals surface area contributed by atoms with E-state index in [0.29, 0.717) is 38.6 Å². The number of unbranched alkanes of at least 4 members (excludes halogenated alkanes) is 1. The Hall–Kier alpha value is -2.24. The molecule has 0 radical (unpaired) electrons. The van der Waals surface area contributed by atoms with Crippen LogP contribution in [0.25, 0.3) is 0 Å². The normalized spacial score (nSPS) is 28.9. The number of aliphatic hydroxyl groups excluding tert-OH is 4. The van der Waals surface area contributed by atoms with E-state index in [1.165, 1.54) is 7.05 Å². The van der Waals surface area contributed by atoms with Gasteiger partial charge in [0.2, 0.25) is 5.91 Å². The predicted octanol–water partition coefficient (Wildman–Crippen LogP) is -2.10. The van der Waals surface area contributed by atoms with Gasteiger partial charge in [0.05, 0.1) is 13.2 Å². The van der Waals surface area contributed by atoms with Crippen LogP contribution in [0.4, 0.5) is 0 Å². The number of carbonyl (C=O) groups is 4. The second kappa shape index (κ2) is 17.5. The van der Waals surface area contributed by atoms with Crippen LogP contribution >= 0.6 is 0 Å². The SMILES string of the molecule is CN(OC(=O)CCCCC(=O)NCCO[C@H]1OC(CO)[C@@H](O)C(OC2OCCCC2O)C1O)C(=O)CCC=O. The first kappa shape index (κ1) is 33.0. The summed E-state index contributed by atoms with van der Waals surface area (Å²) in [7, 11) is 1.28. The Bertz CT molecular complexity index is 785. The molecule has 5 unspecified atom stereocenters. The molecule has 2 rings (SSSR count). The van der Waals surface area contributed by atoms with Crippen molar-refractivity contribution >= 4 is 24.1 Å². The highest BCUT2D eigenvalue weighted by Gasteiger charge is 2.47. The van der Waals surface area contributed by atoms with Crippen LogP contribution < -0.4 is 5.32 Å². The highest BCUT2D eigenvalue weighted by atomic mass is 16.7. The summed E-state index contributed by atoms with van der Waals surface area (Å²) in [6.45, 7) is -0.206. The number of aldehydes is 1. The van der Waals surface area contributed by atoms with Gasteiger partial charge in [-0.25, -0.2) is 4.79 Å². The number of rotatable bonds is 15. The lowest BCUT2D eigenvalue weighted by Gasteiger charge is -2.43. The summed E-state index contributed by atoms with van der Waals surface area (Å²) in [5, 5.41) is 44.1. The van der Waals surface area contributed by atoms with Gasteiger partial charge in [0.25, 0.3) is 5.91 Å². The number of hydrogen-bond acceptors (Lipinski definition) is 13. The molecule has 0 saturated carbocycles. The van der Waals surface area contributed by atoms with Crippen molar-refractivity contribution in [3.05, 3.63) is 0 Å². The molecule has 5 N–H and O–H groups in total. The Kier molecular flexibility index (Phi) is 14.8. The fraction of sp³-hybridized carbons (Fsp3) is 0.833. The number of hydrogen-bond donors (Lipinski definition) is 5. The highest BCUT2D eigenvalue weighted by molar-refractivity contribution is 5.79. The Labute approximate surface area is 226 Å². The smallest absolute Gasteiger partial charge is 0.332 e. The van der Waals surface area contributed by atoms with Gasteiger partial charge in [0.15, 0.2) is 12.6 Å². The number of amides is 2.